The lowest BCUT2D eigenvalue weighted by molar-refractivity contribution is 0.0640. The molecule has 2 amide bonds. The summed E-state index contributed by atoms with van der Waals surface area (Å²) in [4.78, 5) is 18.9. The Kier molecular flexibility index (Phi) is 4.48. The molecule has 122 valence electrons. The molecule has 0 unspecified atom stereocenters. The highest BCUT2D eigenvalue weighted by atomic mass is 16.3. The van der Waals surface area contributed by atoms with E-state index in [2.05, 4.69) is 17.2 Å². The molecule has 1 saturated heterocycles. The van der Waals surface area contributed by atoms with E-state index >= 15 is 0 Å². The number of benzene rings is 1. The quantitative estimate of drug-likeness (QED) is 0.895. The molecule has 1 fully saturated rings. The van der Waals surface area contributed by atoms with Gasteiger partial charge in [-0.3, -0.25) is 4.98 Å². The Balaban J connectivity index is 1.87. The Morgan fingerprint density at radius 2 is 2.17 bits per heavy atom. The number of carbonyl (C=O) groups excluding carboxylic acids is 1. The smallest absolute Gasteiger partial charge is 0.321 e. The molecule has 1 aliphatic rings. The van der Waals surface area contributed by atoms with Gasteiger partial charge < -0.3 is 15.3 Å². The van der Waals surface area contributed by atoms with Crippen LogP contribution in [0.4, 0.5) is 10.5 Å². The monoisotopic (exact) mass is 313 g/mol. The predicted molar refractivity (Wildman–Crippen MR) is 91.5 cm³/mol. The summed E-state index contributed by atoms with van der Waals surface area (Å²) in [5, 5.41) is 13.8. The number of urea groups is 1. The minimum atomic E-state index is -0.440. The van der Waals surface area contributed by atoms with Crippen molar-refractivity contribution in [2.24, 2.45) is 5.92 Å². The van der Waals surface area contributed by atoms with Crippen LogP contribution in [0.15, 0.2) is 30.3 Å². The lowest BCUT2D eigenvalue weighted by Gasteiger charge is -2.34. The van der Waals surface area contributed by atoms with Crippen LogP contribution in [0.25, 0.3) is 10.9 Å². The van der Waals surface area contributed by atoms with Crippen molar-refractivity contribution < 1.29 is 9.90 Å². The topological polar surface area (TPSA) is 65.5 Å². The molecule has 5 nitrogen and oxygen atoms in total. The molecule has 1 aliphatic heterocycles. The summed E-state index contributed by atoms with van der Waals surface area (Å²) in [5.41, 5.74) is 2.62. The largest absolute Gasteiger partial charge is 0.391 e. The van der Waals surface area contributed by atoms with Crippen LogP contribution >= 0.6 is 0 Å². The van der Waals surface area contributed by atoms with Gasteiger partial charge in [-0.15, -0.1) is 0 Å². The molecule has 2 aromatic rings. The molecule has 1 aromatic heterocycles. The number of aromatic nitrogens is 1. The lowest BCUT2D eigenvalue weighted by Crippen LogP contribution is -2.47. The fraction of sp³-hybridized carbons (Fsp3) is 0.444. The van der Waals surface area contributed by atoms with Gasteiger partial charge in [0.05, 0.1) is 17.3 Å². The Bertz CT molecular complexity index is 706. The number of rotatable bonds is 2. The van der Waals surface area contributed by atoms with E-state index in [1.54, 1.807) is 4.90 Å². The lowest BCUT2D eigenvalue weighted by atomic mass is 9.98. The molecule has 3 rings (SSSR count). The zero-order chi connectivity index (χ0) is 16.4. The Morgan fingerprint density at radius 3 is 2.91 bits per heavy atom. The maximum absolute atomic E-state index is 12.6. The highest BCUT2D eigenvalue weighted by Crippen LogP contribution is 2.24. The van der Waals surface area contributed by atoms with Crippen molar-refractivity contribution in [3.8, 4) is 0 Å². The van der Waals surface area contributed by atoms with Gasteiger partial charge in [-0.1, -0.05) is 32.0 Å². The average Bonchev–Trinajstić information content (AvgIpc) is 2.53. The number of β-amino-alcohol motifs (C(OH)–C–C–N with tert-alkyl or cyclic N) is 1. The Morgan fingerprint density at radius 1 is 1.39 bits per heavy atom. The summed E-state index contributed by atoms with van der Waals surface area (Å²) in [5.74, 6) is 0.310. The summed E-state index contributed by atoms with van der Waals surface area (Å²) in [6.45, 7) is 5.16. The van der Waals surface area contributed by atoms with Gasteiger partial charge in [-0.2, -0.15) is 0 Å². The predicted octanol–water partition coefficient (Wildman–Crippen LogP) is 3.03. The van der Waals surface area contributed by atoms with Crippen molar-refractivity contribution in [3.05, 3.63) is 36.0 Å². The molecule has 2 atom stereocenters. The van der Waals surface area contributed by atoms with Crippen molar-refractivity contribution in [1.82, 2.24) is 9.88 Å². The van der Waals surface area contributed by atoms with Crippen molar-refractivity contribution in [1.29, 1.82) is 0 Å². The third-order valence-corrected chi connectivity index (χ3v) is 4.30. The number of carbonyl (C=O) groups is 1. The number of nitrogens with one attached hydrogen (secondary N) is 1. The van der Waals surface area contributed by atoms with Gasteiger partial charge in [0.1, 0.15) is 0 Å². The fourth-order valence-electron chi connectivity index (χ4n) is 3.19. The number of amides is 2. The summed E-state index contributed by atoms with van der Waals surface area (Å²) in [7, 11) is 0. The number of aryl methyl sites for hydroxylation is 1. The van der Waals surface area contributed by atoms with E-state index in [4.69, 9.17) is 0 Å². The van der Waals surface area contributed by atoms with Crippen LogP contribution in [0.1, 0.15) is 26.0 Å². The molecule has 0 spiro atoms. The first-order valence-corrected chi connectivity index (χ1v) is 8.19. The molecule has 0 aliphatic carbocycles. The molecular formula is C18H23N3O2. The number of aliphatic hydroxyl groups excluding tert-OH is 1. The van der Waals surface area contributed by atoms with Gasteiger partial charge in [0.25, 0.3) is 0 Å². The van der Waals surface area contributed by atoms with Gasteiger partial charge in [-0.25, -0.2) is 4.79 Å². The molecule has 1 aromatic carbocycles. The zero-order valence-electron chi connectivity index (χ0n) is 13.6. The maximum atomic E-state index is 12.6. The number of para-hydroxylation sites is 1. The molecule has 23 heavy (non-hydrogen) atoms. The number of hydrogen-bond donors (Lipinski definition) is 2. The normalized spacial score (nSPS) is 21.4. The van der Waals surface area contributed by atoms with Crippen molar-refractivity contribution in [2.45, 2.75) is 32.8 Å². The van der Waals surface area contributed by atoms with E-state index in [1.165, 1.54) is 0 Å². The second-order valence-corrected chi connectivity index (χ2v) is 6.36. The maximum Gasteiger partial charge on any atom is 0.321 e. The molecule has 0 saturated carbocycles. The van der Waals surface area contributed by atoms with E-state index < -0.39 is 6.10 Å². The molecule has 0 radical (unpaired) electrons. The number of likely N-dealkylation sites (tertiary alicyclic amines) is 1. The Hall–Kier alpha value is -2.14. The van der Waals surface area contributed by atoms with Crippen LogP contribution in [-0.4, -0.2) is 40.2 Å². The summed E-state index contributed by atoms with van der Waals surface area (Å²) >= 11 is 0. The van der Waals surface area contributed by atoms with Gasteiger partial charge in [-0.05, 0) is 30.9 Å². The van der Waals surface area contributed by atoms with Gasteiger partial charge in [0, 0.05) is 24.2 Å². The van der Waals surface area contributed by atoms with Crippen LogP contribution in [0.3, 0.4) is 0 Å². The summed E-state index contributed by atoms with van der Waals surface area (Å²) < 4.78 is 0. The van der Waals surface area contributed by atoms with Gasteiger partial charge in [0.2, 0.25) is 0 Å². The molecule has 2 N–H and O–H groups in total. The third kappa shape index (κ3) is 3.45. The minimum absolute atomic E-state index is 0.158. The Labute approximate surface area is 136 Å². The number of aliphatic hydroxyl groups is 1. The second kappa shape index (κ2) is 6.54. The van der Waals surface area contributed by atoms with E-state index in [1.807, 2.05) is 37.3 Å². The van der Waals surface area contributed by atoms with E-state index in [9.17, 15) is 9.90 Å². The number of fused-ring (bicyclic) bond motifs is 1. The first-order valence-electron chi connectivity index (χ1n) is 8.19. The first-order chi connectivity index (χ1) is 11.1. The number of nitrogens with zero attached hydrogens (tertiary/aromatic N) is 2. The molecular weight excluding hydrogens is 290 g/mol. The number of pyridine rings is 1. The first kappa shape index (κ1) is 15.7. The molecule has 5 heteroatoms. The third-order valence-electron chi connectivity index (χ3n) is 4.30. The van der Waals surface area contributed by atoms with Gasteiger partial charge in [0.15, 0.2) is 0 Å². The zero-order valence-corrected chi connectivity index (χ0v) is 13.6. The van der Waals surface area contributed by atoms with Crippen LogP contribution < -0.4 is 5.32 Å². The average molecular weight is 313 g/mol. The number of hydrogen-bond acceptors (Lipinski definition) is 3. The van der Waals surface area contributed by atoms with Crippen LogP contribution in [0, 0.1) is 5.92 Å². The SMILES string of the molecule is CCc1cc(NC(=O)N2C[C@@H](C)C[C@@H](O)C2)c2ccccc2n1. The van der Waals surface area contributed by atoms with E-state index in [0.29, 0.717) is 19.0 Å². The van der Waals surface area contributed by atoms with E-state index in [0.717, 1.165) is 35.1 Å². The fourth-order valence-corrected chi connectivity index (χ4v) is 3.19. The van der Waals surface area contributed by atoms with E-state index in [-0.39, 0.29) is 6.03 Å². The van der Waals surface area contributed by atoms with Crippen LogP contribution in [-0.2, 0) is 6.42 Å². The molecule has 2 heterocycles. The number of anilines is 1. The van der Waals surface area contributed by atoms with Crippen LogP contribution in [0.2, 0.25) is 0 Å². The minimum Gasteiger partial charge on any atom is -0.391 e. The summed E-state index contributed by atoms with van der Waals surface area (Å²) in [6, 6.07) is 9.58. The highest BCUT2D eigenvalue weighted by Gasteiger charge is 2.26. The van der Waals surface area contributed by atoms with Crippen molar-refractivity contribution >= 4 is 22.6 Å². The molecule has 0 bridgehead atoms. The highest BCUT2D eigenvalue weighted by molar-refractivity contribution is 6.00. The summed E-state index contributed by atoms with van der Waals surface area (Å²) in [6.07, 6.45) is 1.12. The number of piperidine rings is 1. The van der Waals surface area contributed by atoms with Crippen molar-refractivity contribution in [3.63, 3.8) is 0 Å². The standard InChI is InChI=1S/C18H23N3O2/c1-3-13-9-17(15-6-4-5-7-16(15)19-13)20-18(23)21-10-12(2)8-14(22)11-21/h4-7,9,12,14,22H,3,8,10-11H2,1-2H3,(H,19,20,23)/t12-,14+/m0/s1. The van der Waals surface area contributed by atoms with Gasteiger partial charge >= 0.3 is 6.03 Å². The second-order valence-electron chi connectivity index (χ2n) is 6.36. The van der Waals surface area contributed by atoms with Crippen molar-refractivity contribution in [2.75, 3.05) is 18.4 Å². The van der Waals surface area contributed by atoms with Crippen LogP contribution in [0.5, 0.6) is 0 Å².